The number of aryl methyl sites for hydroxylation is 2. The van der Waals surface area contributed by atoms with E-state index in [0.29, 0.717) is 0 Å². The summed E-state index contributed by atoms with van der Waals surface area (Å²) in [6.45, 7) is 1.61. The van der Waals surface area contributed by atoms with Crippen LogP contribution in [-0.4, -0.2) is 27.5 Å². The molecule has 0 bridgehead atoms. The molecule has 4 rings (SSSR count). The van der Waals surface area contributed by atoms with Gasteiger partial charge in [-0.15, -0.1) is 0 Å². The van der Waals surface area contributed by atoms with E-state index in [1.54, 1.807) is 42.6 Å². The highest BCUT2D eigenvalue weighted by Crippen LogP contribution is 2.45. The van der Waals surface area contributed by atoms with Gasteiger partial charge in [0.2, 0.25) is 0 Å². The summed E-state index contributed by atoms with van der Waals surface area (Å²) in [5.74, 6) is -3.49. The molecule has 3 aromatic rings. The Morgan fingerprint density at radius 1 is 1.03 bits per heavy atom. The maximum Gasteiger partial charge on any atom is 0.425 e. The average molecular weight is 472 g/mol. The van der Waals surface area contributed by atoms with Crippen LogP contribution in [0.15, 0.2) is 64.2 Å². The number of nitrogens with one attached hydrogen (secondary N) is 3. The summed E-state index contributed by atoms with van der Waals surface area (Å²) in [6, 6.07) is 14.5. The highest BCUT2D eigenvalue weighted by atomic mass is 19.4. The number of alkyl halides is 3. The van der Waals surface area contributed by atoms with E-state index in [2.05, 4.69) is 0 Å². The minimum atomic E-state index is -5.39. The summed E-state index contributed by atoms with van der Waals surface area (Å²) >= 11 is 0. The Morgan fingerprint density at radius 2 is 1.68 bits per heavy atom. The average Bonchev–Trinajstić information content (AvgIpc) is 3.08. The van der Waals surface area contributed by atoms with Crippen LogP contribution < -0.4 is 21.9 Å². The second-order valence-corrected chi connectivity index (χ2v) is 7.89. The van der Waals surface area contributed by atoms with Crippen molar-refractivity contribution in [2.24, 2.45) is 0 Å². The molecule has 2 aromatic carbocycles. The highest BCUT2D eigenvalue weighted by molar-refractivity contribution is 6.09. The van der Waals surface area contributed by atoms with Gasteiger partial charge in [-0.05, 0) is 31.0 Å². The number of rotatable bonds is 5. The van der Waals surface area contributed by atoms with E-state index in [4.69, 9.17) is 0 Å². The van der Waals surface area contributed by atoms with Crippen LogP contribution in [0, 0.1) is 6.92 Å². The third-order valence-corrected chi connectivity index (χ3v) is 5.65. The molecule has 0 spiro atoms. The zero-order valence-electron chi connectivity index (χ0n) is 17.8. The van der Waals surface area contributed by atoms with Gasteiger partial charge in [0.25, 0.3) is 22.9 Å². The summed E-state index contributed by atoms with van der Waals surface area (Å²) in [7, 11) is 0. The van der Waals surface area contributed by atoms with E-state index in [-0.39, 0.29) is 18.5 Å². The smallest absolute Gasteiger partial charge is 0.326 e. The molecule has 0 saturated carbocycles. The van der Waals surface area contributed by atoms with E-state index in [1.807, 2.05) is 10.3 Å². The zero-order chi connectivity index (χ0) is 24.7. The first kappa shape index (κ1) is 23.0. The number of hydrogen-bond donors (Lipinski definition) is 3. The standard InChI is InChI=1S/C23H19F3N4O4/c1-13-7-9-15(10-8-13)18(31)29-22(23(24,25)26)16-17(27-20(22)33)30(21(34)28-19(16)32)12-11-14-5-3-2-4-6-14/h2-10H,11-12H2,1H3,(H,27,33)(H,29,31)(H,28,32,34)/t22-/m0/s1. The number of benzene rings is 2. The first-order valence-electron chi connectivity index (χ1n) is 10.2. The quantitative estimate of drug-likeness (QED) is 0.529. The van der Waals surface area contributed by atoms with E-state index in [0.717, 1.165) is 15.7 Å². The number of nitrogens with zero attached hydrogens (tertiary/aromatic N) is 1. The van der Waals surface area contributed by atoms with Gasteiger partial charge in [-0.1, -0.05) is 48.0 Å². The lowest BCUT2D eigenvalue weighted by atomic mass is 9.91. The monoisotopic (exact) mass is 472 g/mol. The molecule has 1 aromatic heterocycles. The second kappa shape index (κ2) is 8.32. The van der Waals surface area contributed by atoms with Crippen molar-refractivity contribution in [2.45, 2.75) is 31.6 Å². The van der Waals surface area contributed by atoms with Crippen molar-refractivity contribution in [1.82, 2.24) is 14.9 Å². The maximum atomic E-state index is 14.4. The number of halogens is 3. The van der Waals surface area contributed by atoms with Crippen molar-refractivity contribution >= 4 is 17.6 Å². The minimum absolute atomic E-state index is 0.123. The number of amides is 2. The lowest BCUT2D eigenvalue weighted by Crippen LogP contribution is -2.62. The number of H-pyrrole nitrogens is 1. The van der Waals surface area contributed by atoms with Crippen LogP contribution >= 0.6 is 0 Å². The molecular weight excluding hydrogens is 453 g/mol. The van der Waals surface area contributed by atoms with E-state index >= 15 is 0 Å². The molecule has 0 fully saturated rings. The third-order valence-electron chi connectivity index (χ3n) is 5.65. The van der Waals surface area contributed by atoms with Crippen LogP contribution in [0.2, 0.25) is 0 Å². The summed E-state index contributed by atoms with van der Waals surface area (Å²) < 4.78 is 44.2. The second-order valence-electron chi connectivity index (χ2n) is 7.89. The Bertz CT molecular complexity index is 1380. The highest BCUT2D eigenvalue weighted by Gasteiger charge is 2.68. The summed E-state index contributed by atoms with van der Waals surface area (Å²) in [6.07, 6.45) is -5.15. The number of anilines is 1. The van der Waals surface area contributed by atoms with Gasteiger partial charge in [0.15, 0.2) is 0 Å². The Balaban J connectivity index is 1.82. The maximum absolute atomic E-state index is 14.4. The molecule has 34 heavy (non-hydrogen) atoms. The number of carbonyl (C=O) groups excluding carboxylic acids is 2. The van der Waals surface area contributed by atoms with Crippen LogP contribution in [0.1, 0.15) is 27.0 Å². The van der Waals surface area contributed by atoms with Gasteiger partial charge in [-0.25, -0.2) is 4.79 Å². The van der Waals surface area contributed by atoms with Gasteiger partial charge >= 0.3 is 11.9 Å². The van der Waals surface area contributed by atoms with Gasteiger partial charge < -0.3 is 10.6 Å². The summed E-state index contributed by atoms with van der Waals surface area (Å²) in [4.78, 5) is 52.4. The van der Waals surface area contributed by atoms with E-state index < -0.39 is 46.2 Å². The number of aromatic nitrogens is 2. The van der Waals surface area contributed by atoms with E-state index in [9.17, 15) is 32.3 Å². The number of fused-ring (bicyclic) bond motifs is 1. The molecule has 2 amide bonds. The van der Waals surface area contributed by atoms with Crippen molar-refractivity contribution in [1.29, 1.82) is 0 Å². The van der Waals surface area contributed by atoms with Crippen molar-refractivity contribution in [3.63, 3.8) is 0 Å². The van der Waals surface area contributed by atoms with Gasteiger partial charge in [-0.2, -0.15) is 13.2 Å². The normalized spacial score (nSPS) is 17.2. The number of aromatic amines is 1. The SMILES string of the molecule is Cc1ccc(C(=O)N[C@]2(C(F)(F)F)C(=O)Nc3c2c(=O)[nH]c(=O)n3CCc2ccccc2)cc1. The molecule has 176 valence electrons. The topological polar surface area (TPSA) is 113 Å². The fraction of sp³-hybridized carbons (Fsp3) is 0.217. The Morgan fingerprint density at radius 3 is 2.29 bits per heavy atom. The van der Waals surface area contributed by atoms with Crippen LogP contribution in [0.25, 0.3) is 0 Å². The molecule has 2 heterocycles. The molecule has 1 atom stereocenters. The third kappa shape index (κ3) is 3.78. The predicted octanol–water partition coefficient (Wildman–Crippen LogP) is 2.23. The van der Waals surface area contributed by atoms with Crippen LogP contribution in [0.3, 0.4) is 0 Å². The first-order valence-corrected chi connectivity index (χ1v) is 10.2. The molecule has 8 nitrogen and oxygen atoms in total. The van der Waals surface area contributed by atoms with Crippen LogP contribution in [-0.2, 0) is 23.3 Å². The van der Waals surface area contributed by atoms with Crippen molar-refractivity contribution in [2.75, 3.05) is 5.32 Å². The summed E-state index contributed by atoms with van der Waals surface area (Å²) in [5, 5.41) is 3.74. The summed E-state index contributed by atoms with van der Waals surface area (Å²) in [5.41, 5.74) is -5.75. The van der Waals surface area contributed by atoms with E-state index in [1.165, 1.54) is 24.3 Å². The van der Waals surface area contributed by atoms with Gasteiger partial charge in [-0.3, -0.25) is 23.9 Å². The Hall–Kier alpha value is -4.15. The molecule has 0 radical (unpaired) electrons. The van der Waals surface area contributed by atoms with Crippen molar-refractivity contribution < 1.29 is 22.8 Å². The van der Waals surface area contributed by atoms with Crippen molar-refractivity contribution in [3.05, 3.63) is 97.7 Å². The van der Waals surface area contributed by atoms with Crippen LogP contribution in [0.5, 0.6) is 0 Å². The molecule has 3 N–H and O–H groups in total. The number of hydrogen-bond acceptors (Lipinski definition) is 4. The lowest BCUT2D eigenvalue weighted by Gasteiger charge is -2.30. The molecule has 0 unspecified atom stereocenters. The minimum Gasteiger partial charge on any atom is -0.326 e. The molecule has 1 aliphatic heterocycles. The van der Waals surface area contributed by atoms with Gasteiger partial charge in [0.05, 0.1) is 0 Å². The Kier molecular flexibility index (Phi) is 5.64. The van der Waals surface area contributed by atoms with Crippen molar-refractivity contribution in [3.8, 4) is 0 Å². The first-order chi connectivity index (χ1) is 16.0. The van der Waals surface area contributed by atoms with Gasteiger partial charge in [0, 0.05) is 12.1 Å². The van der Waals surface area contributed by atoms with Gasteiger partial charge in [0.1, 0.15) is 11.4 Å². The van der Waals surface area contributed by atoms with Crippen LogP contribution in [0.4, 0.5) is 19.0 Å². The Labute approximate surface area is 190 Å². The molecule has 0 aliphatic carbocycles. The number of carbonyl (C=O) groups is 2. The lowest BCUT2D eigenvalue weighted by molar-refractivity contribution is -0.196. The zero-order valence-corrected chi connectivity index (χ0v) is 17.8. The molecule has 0 saturated heterocycles. The molecule has 11 heteroatoms. The molecular formula is C23H19F3N4O4. The largest absolute Gasteiger partial charge is 0.425 e. The fourth-order valence-electron chi connectivity index (χ4n) is 3.87. The molecule has 1 aliphatic rings. The predicted molar refractivity (Wildman–Crippen MR) is 116 cm³/mol. The fourth-order valence-corrected chi connectivity index (χ4v) is 3.87.